The highest BCUT2D eigenvalue weighted by Crippen LogP contribution is 2.22. The largest absolute Gasteiger partial charge is 0.357 e. The zero-order valence-electron chi connectivity index (χ0n) is 10.6. The average Bonchev–Trinajstić information content (AvgIpc) is 2.27. The number of alkyl halides is 1. The molecule has 0 aromatic carbocycles. The third-order valence-corrected chi connectivity index (χ3v) is 3.42. The number of hydrogen-bond acceptors (Lipinski definition) is 2. The number of nitrogens with zero attached hydrogens (tertiary/aromatic N) is 2. The predicted octanol–water partition coefficient (Wildman–Crippen LogP) is 3.85. The van der Waals surface area contributed by atoms with Crippen molar-refractivity contribution in [1.29, 1.82) is 0 Å². The SMILES string of the molecule is CC(C)CC(C)N(C)c1ncccc1CBr. The van der Waals surface area contributed by atoms with Crippen LogP contribution in [0.3, 0.4) is 0 Å². The fourth-order valence-electron chi connectivity index (χ4n) is 1.90. The van der Waals surface area contributed by atoms with Crippen LogP contribution >= 0.6 is 15.9 Å². The van der Waals surface area contributed by atoms with Gasteiger partial charge in [0.05, 0.1) is 0 Å². The van der Waals surface area contributed by atoms with Gasteiger partial charge in [-0.2, -0.15) is 0 Å². The smallest absolute Gasteiger partial charge is 0.132 e. The Labute approximate surface area is 107 Å². The van der Waals surface area contributed by atoms with Gasteiger partial charge in [-0.25, -0.2) is 4.98 Å². The molecule has 0 aliphatic heterocycles. The van der Waals surface area contributed by atoms with E-state index in [1.54, 1.807) is 0 Å². The molecule has 0 bridgehead atoms. The van der Waals surface area contributed by atoms with Crippen LogP contribution in [0.1, 0.15) is 32.8 Å². The number of hydrogen-bond donors (Lipinski definition) is 0. The molecule has 0 saturated carbocycles. The Kier molecular flexibility index (Phi) is 5.26. The van der Waals surface area contributed by atoms with E-state index in [-0.39, 0.29) is 0 Å². The van der Waals surface area contributed by atoms with E-state index in [0.717, 1.165) is 11.1 Å². The minimum Gasteiger partial charge on any atom is -0.357 e. The van der Waals surface area contributed by atoms with Crippen molar-refractivity contribution in [2.24, 2.45) is 5.92 Å². The second kappa shape index (κ2) is 6.24. The Balaban J connectivity index is 2.82. The van der Waals surface area contributed by atoms with Crippen LogP contribution in [0, 0.1) is 5.92 Å². The summed E-state index contributed by atoms with van der Waals surface area (Å²) in [5.41, 5.74) is 1.25. The summed E-state index contributed by atoms with van der Waals surface area (Å²) in [6, 6.07) is 4.63. The van der Waals surface area contributed by atoms with Gasteiger partial charge in [0, 0.05) is 30.2 Å². The predicted molar refractivity (Wildman–Crippen MR) is 74.2 cm³/mol. The van der Waals surface area contributed by atoms with Gasteiger partial charge in [0.2, 0.25) is 0 Å². The van der Waals surface area contributed by atoms with Gasteiger partial charge in [0.1, 0.15) is 5.82 Å². The zero-order chi connectivity index (χ0) is 12.1. The van der Waals surface area contributed by atoms with Crippen molar-refractivity contribution >= 4 is 21.7 Å². The van der Waals surface area contributed by atoms with Crippen molar-refractivity contribution in [2.75, 3.05) is 11.9 Å². The Morgan fingerprint density at radius 3 is 2.62 bits per heavy atom. The van der Waals surface area contributed by atoms with Crippen molar-refractivity contribution in [3.63, 3.8) is 0 Å². The first kappa shape index (κ1) is 13.5. The minimum atomic E-state index is 0.521. The second-order valence-corrected chi connectivity index (χ2v) is 5.27. The molecule has 0 saturated heterocycles. The van der Waals surface area contributed by atoms with E-state index < -0.39 is 0 Å². The molecule has 0 N–H and O–H groups in total. The molecule has 1 aromatic rings. The quantitative estimate of drug-likeness (QED) is 0.764. The number of aromatic nitrogens is 1. The lowest BCUT2D eigenvalue weighted by Gasteiger charge is -2.28. The molecule has 0 amide bonds. The average molecular weight is 285 g/mol. The summed E-state index contributed by atoms with van der Waals surface area (Å²) in [6.07, 6.45) is 3.05. The summed E-state index contributed by atoms with van der Waals surface area (Å²) in [4.78, 5) is 6.75. The maximum absolute atomic E-state index is 4.47. The Morgan fingerprint density at radius 2 is 2.06 bits per heavy atom. The maximum Gasteiger partial charge on any atom is 0.132 e. The third kappa shape index (κ3) is 3.48. The van der Waals surface area contributed by atoms with Gasteiger partial charge in [-0.15, -0.1) is 0 Å². The fourth-order valence-corrected chi connectivity index (χ4v) is 2.34. The first-order valence-electron chi connectivity index (χ1n) is 5.79. The van der Waals surface area contributed by atoms with Gasteiger partial charge in [-0.3, -0.25) is 0 Å². The molecule has 1 heterocycles. The van der Waals surface area contributed by atoms with E-state index in [9.17, 15) is 0 Å². The Morgan fingerprint density at radius 1 is 1.38 bits per heavy atom. The molecule has 1 unspecified atom stereocenters. The summed E-state index contributed by atoms with van der Waals surface area (Å²) >= 11 is 3.51. The topological polar surface area (TPSA) is 16.1 Å². The molecule has 1 rings (SSSR count). The molecule has 1 aromatic heterocycles. The third-order valence-electron chi connectivity index (χ3n) is 2.82. The summed E-state index contributed by atoms with van der Waals surface area (Å²) in [7, 11) is 2.13. The van der Waals surface area contributed by atoms with Crippen molar-refractivity contribution in [1.82, 2.24) is 4.98 Å². The first-order valence-corrected chi connectivity index (χ1v) is 6.91. The maximum atomic E-state index is 4.47. The van der Waals surface area contributed by atoms with E-state index >= 15 is 0 Å². The normalized spacial score (nSPS) is 12.9. The van der Waals surface area contributed by atoms with Gasteiger partial charge >= 0.3 is 0 Å². The molecule has 0 aliphatic rings. The summed E-state index contributed by atoms with van der Waals surface area (Å²) < 4.78 is 0. The molecular weight excluding hydrogens is 264 g/mol. The van der Waals surface area contributed by atoms with Gasteiger partial charge in [-0.1, -0.05) is 35.8 Å². The van der Waals surface area contributed by atoms with Crippen LogP contribution in [-0.2, 0) is 5.33 Å². The molecule has 0 aliphatic carbocycles. The highest BCUT2D eigenvalue weighted by Gasteiger charge is 2.15. The van der Waals surface area contributed by atoms with E-state index in [0.29, 0.717) is 12.0 Å². The van der Waals surface area contributed by atoms with Crippen LogP contribution in [0.2, 0.25) is 0 Å². The van der Waals surface area contributed by atoms with Crippen LogP contribution in [0.4, 0.5) is 5.82 Å². The lowest BCUT2D eigenvalue weighted by Crippen LogP contribution is -2.31. The molecule has 3 heteroatoms. The number of halogens is 1. The lowest BCUT2D eigenvalue weighted by molar-refractivity contribution is 0.501. The van der Waals surface area contributed by atoms with Crippen molar-refractivity contribution in [2.45, 2.75) is 38.6 Å². The van der Waals surface area contributed by atoms with Crippen molar-refractivity contribution in [3.05, 3.63) is 23.9 Å². The lowest BCUT2D eigenvalue weighted by atomic mass is 10.0. The number of anilines is 1. The van der Waals surface area contributed by atoms with E-state index in [1.165, 1.54) is 12.0 Å². The standard InChI is InChI=1S/C13H21BrN2/c1-10(2)8-11(3)16(4)13-12(9-14)6-5-7-15-13/h5-7,10-11H,8-9H2,1-4H3. The van der Waals surface area contributed by atoms with E-state index in [4.69, 9.17) is 0 Å². The molecule has 2 nitrogen and oxygen atoms in total. The van der Waals surface area contributed by atoms with Crippen LogP contribution in [0.25, 0.3) is 0 Å². The Bertz CT molecular complexity index is 325. The molecule has 1 atom stereocenters. The second-order valence-electron chi connectivity index (χ2n) is 4.71. The fraction of sp³-hybridized carbons (Fsp3) is 0.615. The highest BCUT2D eigenvalue weighted by molar-refractivity contribution is 9.08. The molecular formula is C13H21BrN2. The number of pyridine rings is 1. The molecule has 0 fully saturated rings. The van der Waals surface area contributed by atoms with Crippen molar-refractivity contribution < 1.29 is 0 Å². The summed E-state index contributed by atoms with van der Waals surface area (Å²) in [5, 5.41) is 0.856. The van der Waals surface area contributed by atoms with Crippen LogP contribution in [0.15, 0.2) is 18.3 Å². The monoisotopic (exact) mass is 284 g/mol. The van der Waals surface area contributed by atoms with Gasteiger partial charge in [-0.05, 0) is 25.3 Å². The van der Waals surface area contributed by atoms with Gasteiger partial charge in [0.15, 0.2) is 0 Å². The van der Waals surface area contributed by atoms with E-state index in [1.807, 2.05) is 12.3 Å². The summed E-state index contributed by atoms with van der Waals surface area (Å²) in [5.74, 6) is 1.81. The first-order chi connectivity index (χ1) is 7.56. The molecule has 0 spiro atoms. The Hall–Kier alpha value is -0.570. The van der Waals surface area contributed by atoms with Gasteiger partial charge in [0.25, 0.3) is 0 Å². The van der Waals surface area contributed by atoms with Gasteiger partial charge < -0.3 is 4.90 Å². The molecule has 16 heavy (non-hydrogen) atoms. The molecule has 0 radical (unpaired) electrons. The van der Waals surface area contributed by atoms with Crippen LogP contribution in [0.5, 0.6) is 0 Å². The van der Waals surface area contributed by atoms with Crippen LogP contribution in [-0.4, -0.2) is 18.1 Å². The molecule has 90 valence electrons. The van der Waals surface area contributed by atoms with Crippen LogP contribution < -0.4 is 4.90 Å². The minimum absolute atomic E-state index is 0.521. The van der Waals surface area contributed by atoms with E-state index in [2.05, 4.69) is 59.7 Å². The summed E-state index contributed by atoms with van der Waals surface area (Å²) in [6.45, 7) is 6.77. The zero-order valence-corrected chi connectivity index (χ0v) is 12.2. The number of rotatable bonds is 5. The van der Waals surface area contributed by atoms with Crippen molar-refractivity contribution in [3.8, 4) is 0 Å². The highest BCUT2D eigenvalue weighted by atomic mass is 79.9.